The Hall–Kier alpha value is -1.81. The minimum Gasteiger partial charge on any atom is -0.493 e. The molecule has 0 bridgehead atoms. The molecule has 0 N–H and O–H groups in total. The number of rotatable bonds is 4. The second-order valence-corrected chi connectivity index (χ2v) is 4.66. The number of benzene rings is 1. The van der Waals surface area contributed by atoms with Crippen LogP contribution >= 0.6 is 11.6 Å². The largest absolute Gasteiger partial charge is 0.493 e. The molecule has 0 unspecified atom stereocenters. The van der Waals surface area contributed by atoms with E-state index in [1.54, 1.807) is 13.2 Å². The van der Waals surface area contributed by atoms with Gasteiger partial charge in [-0.15, -0.1) is 10.2 Å². The van der Waals surface area contributed by atoms with Crippen molar-refractivity contribution in [2.24, 2.45) is 0 Å². The summed E-state index contributed by atoms with van der Waals surface area (Å²) in [4.78, 5) is 0. The van der Waals surface area contributed by atoms with E-state index in [0.29, 0.717) is 16.7 Å². The van der Waals surface area contributed by atoms with E-state index in [9.17, 15) is 0 Å². The molecule has 0 aliphatic rings. The molecular formula is C14H15ClN2O2. The Morgan fingerprint density at radius 3 is 2.42 bits per heavy atom. The Morgan fingerprint density at radius 1 is 1.05 bits per heavy atom. The van der Waals surface area contributed by atoms with Crippen LogP contribution in [0.4, 0.5) is 0 Å². The number of hydrogen-bond acceptors (Lipinski definition) is 4. The number of aromatic nitrogens is 2. The van der Waals surface area contributed by atoms with Gasteiger partial charge in [0.15, 0.2) is 16.7 Å². The van der Waals surface area contributed by atoms with Crippen molar-refractivity contribution in [3.8, 4) is 22.8 Å². The van der Waals surface area contributed by atoms with Gasteiger partial charge in [0.05, 0.1) is 18.9 Å². The Balaban J connectivity index is 2.39. The number of methoxy groups -OCH3 is 1. The molecule has 0 saturated carbocycles. The van der Waals surface area contributed by atoms with E-state index < -0.39 is 0 Å². The number of ether oxygens (including phenoxy) is 2. The maximum atomic E-state index is 5.73. The fourth-order valence-electron chi connectivity index (χ4n) is 1.65. The lowest BCUT2D eigenvalue weighted by atomic mass is 10.1. The summed E-state index contributed by atoms with van der Waals surface area (Å²) in [5.74, 6) is 1.38. The third-order valence-electron chi connectivity index (χ3n) is 2.45. The molecular weight excluding hydrogens is 264 g/mol. The monoisotopic (exact) mass is 278 g/mol. The van der Waals surface area contributed by atoms with Crippen LogP contribution < -0.4 is 9.47 Å². The second-order valence-electron chi connectivity index (χ2n) is 4.27. The highest BCUT2D eigenvalue weighted by Gasteiger charge is 2.09. The Kier molecular flexibility index (Phi) is 4.22. The van der Waals surface area contributed by atoms with Gasteiger partial charge in [0, 0.05) is 5.56 Å². The molecule has 100 valence electrons. The predicted octanol–water partition coefficient (Wildman–Crippen LogP) is 3.59. The quantitative estimate of drug-likeness (QED) is 0.857. The van der Waals surface area contributed by atoms with Crippen LogP contribution in [0.5, 0.6) is 11.5 Å². The first-order valence-corrected chi connectivity index (χ1v) is 6.32. The van der Waals surface area contributed by atoms with Gasteiger partial charge in [0.25, 0.3) is 0 Å². The summed E-state index contributed by atoms with van der Waals surface area (Å²) in [6, 6.07) is 9.16. The highest BCUT2D eigenvalue weighted by molar-refractivity contribution is 6.29. The van der Waals surface area contributed by atoms with E-state index in [1.165, 1.54) is 0 Å². The molecule has 0 atom stereocenters. The molecule has 19 heavy (non-hydrogen) atoms. The minimum absolute atomic E-state index is 0.0699. The summed E-state index contributed by atoms with van der Waals surface area (Å²) in [5.41, 5.74) is 1.64. The molecule has 4 nitrogen and oxygen atoms in total. The van der Waals surface area contributed by atoms with Gasteiger partial charge in [-0.25, -0.2) is 0 Å². The standard InChI is InChI=1S/C14H15ClN2O2/c1-9(2)19-13-8-10(4-6-12(13)18-3)11-5-7-14(15)17-16-11/h4-9H,1-3H3. The third kappa shape index (κ3) is 3.35. The van der Waals surface area contributed by atoms with E-state index in [2.05, 4.69) is 10.2 Å². The fourth-order valence-corrected chi connectivity index (χ4v) is 1.75. The number of hydrogen-bond donors (Lipinski definition) is 0. The zero-order valence-corrected chi connectivity index (χ0v) is 11.8. The first kappa shape index (κ1) is 13.6. The van der Waals surface area contributed by atoms with Crippen LogP contribution in [-0.4, -0.2) is 23.4 Å². The predicted molar refractivity (Wildman–Crippen MR) is 74.8 cm³/mol. The van der Waals surface area contributed by atoms with E-state index in [-0.39, 0.29) is 6.10 Å². The van der Waals surface area contributed by atoms with E-state index in [0.717, 1.165) is 11.3 Å². The van der Waals surface area contributed by atoms with Crippen molar-refractivity contribution in [2.45, 2.75) is 20.0 Å². The lowest BCUT2D eigenvalue weighted by Crippen LogP contribution is -2.06. The SMILES string of the molecule is COc1ccc(-c2ccc(Cl)nn2)cc1OC(C)C. The van der Waals surface area contributed by atoms with Crippen LogP contribution in [-0.2, 0) is 0 Å². The van der Waals surface area contributed by atoms with Crippen LogP contribution in [0.3, 0.4) is 0 Å². The topological polar surface area (TPSA) is 44.2 Å². The molecule has 5 heteroatoms. The Bertz CT molecular complexity index is 556. The van der Waals surface area contributed by atoms with Gasteiger partial charge in [-0.05, 0) is 44.2 Å². The first-order chi connectivity index (χ1) is 9.10. The van der Waals surface area contributed by atoms with Crippen molar-refractivity contribution in [1.29, 1.82) is 0 Å². The molecule has 0 amide bonds. The Morgan fingerprint density at radius 2 is 1.84 bits per heavy atom. The van der Waals surface area contributed by atoms with E-state index in [1.807, 2.05) is 38.1 Å². The van der Waals surface area contributed by atoms with Crippen molar-refractivity contribution < 1.29 is 9.47 Å². The summed E-state index contributed by atoms with van der Waals surface area (Å²) in [6.45, 7) is 3.93. The number of halogens is 1. The zero-order valence-electron chi connectivity index (χ0n) is 11.1. The van der Waals surface area contributed by atoms with Gasteiger partial charge >= 0.3 is 0 Å². The van der Waals surface area contributed by atoms with Crippen LogP contribution in [0.25, 0.3) is 11.3 Å². The summed E-state index contributed by atoms with van der Waals surface area (Å²) in [6.07, 6.45) is 0.0699. The smallest absolute Gasteiger partial charge is 0.162 e. The lowest BCUT2D eigenvalue weighted by molar-refractivity contribution is 0.230. The molecule has 0 aliphatic carbocycles. The molecule has 2 aromatic rings. The van der Waals surface area contributed by atoms with Gasteiger partial charge in [-0.3, -0.25) is 0 Å². The average Bonchev–Trinajstić information content (AvgIpc) is 2.39. The molecule has 1 aromatic carbocycles. The zero-order chi connectivity index (χ0) is 13.8. The Labute approximate surface area is 117 Å². The normalized spacial score (nSPS) is 10.6. The van der Waals surface area contributed by atoms with Crippen molar-refractivity contribution in [3.05, 3.63) is 35.5 Å². The van der Waals surface area contributed by atoms with Gasteiger partial charge in [-0.1, -0.05) is 11.6 Å². The van der Waals surface area contributed by atoms with Crippen LogP contribution in [0.1, 0.15) is 13.8 Å². The lowest BCUT2D eigenvalue weighted by Gasteiger charge is -2.14. The molecule has 0 aliphatic heterocycles. The second kappa shape index (κ2) is 5.89. The van der Waals surface area contributed by atoms with Gasteiger partial charge < -0.3 is 9.47 Å². The first-order valence-electron chi connectivity index (χ1n) is 5.94. The summed E-state index contributed by atoms with van der Waals surface area (Å²) in [7, 11) is 1.62. The van der Waals surface area contributed by atoms with Crippen molar-refractivity contribution in [1.82, 2.24) is 10.2 Å². The third-order valence-corrected chi connectivity index (χ3v) is 2.66. The fraction of sp³-hybridized carbons (Fsp3) is 0.286. The highest BCUT2D eigenvalue weighted by Crippen LogP contribution is 2.32. The molecule has 0 spiro atoms. The summed E-state index contributed by atoms with van der Waals surface area (Å²) < 4.78 is 11.0. The van der Waals surface area contributed by atoms with Crippen LogP contribution in [0, 0.1) is 0 Å². The van der Waals surface area contributed by atoms with E-state index in [4.69, 9.17) is 21.1 Å². The van der Waals surface area contributed by atoms with Crippen molar-refractivity contribution in [2.75, 3.05) is 7.11 Å². The summed E-state index contributed by atoms with van der Waals surface area (Å²) >= 11 is 5.73. The maximum Gasteiger partial charge on any atom is 0.162 e. The molecule has 2 rings (SSSR count). The molecule has 1 heterocycles. The molecule has 0 fully saturated rings. The van der Waals surface area contributed by atoms with Crippen molar-refractivity contribution in [3.63, 3.8) is 0 Å². The van der Waals surface area contributed by atoms with Gasteiger partial charge in [0.1, 0.15) is 0 Å². The van der Waals surface area contributed by atoms with Crippen LogP contribution in [0.2, 0.25) is 5.15 Å². The molecule has 0 saturated heterocycles. The van der Waals surface area contributed by atoms with Gasteiger partial charge in [0.2, 0.25) is 0 Å². The van der Waals surface area contributed by atoms with Crippen LogP contribution in [0.15, 0.2) is 30.3 Å². The summed E-state index contributed by atoms with van der Waals surface area (Å²) in [5, 5.41) is 8.25. The number of nitrogens with zero attached hydrogens (tertiary/aromatic N) is 2. The minimum atomic E-state index is 0.0699. The van der Waals surface area contributed by atoms with Gasteiger partial charge in [-0.2, -0.15) is 0 Å². The highest BCUT2D eigenvalue weighted by atomic mass is 35.5. The maximum absolute atomic E-state index is 5.73. The average molecular weight is 279 g/mol. The molecule has 0 radical (unpaired) electrons. The molecule has 1 aromatic heterocycles. The van der Waals surface area contributed by atoms with E-state index >= 15 is 0 Å². The van der Waals surface area contributed by atoms with Crippen molar-refractivity contribution >= 4 is 11.6 Å².